The zero-order valence-corrected chi connectivity index (χ0v) is 14.0. The lowest BCUT2D eigenvalue weighted by atomic mass is 10.0. The molecule has 4 nitrogen and oxygen atoms in total. The van der Waals surface area contributed by atoms with Gasteiger partial charge in [0.25, 0.3) is 0 Å². The normalized spacial score (nSPS) is 10.8. The minimum absolute atomic E-state index is 0.356. The van der Waals surface area contributed by atoms with Gasteiger partial charge in [0.15, 0.2) is 0 Å². The molecular formula is C17H13Cl2NO3. The number of hydrogen-bond acceptors (Lipinski definition) is 3. The molecule has 0 bridgehead atoms. The number of rotatable bonds is 3. The second kappa shape index (κ2) is 6.14. The predicted molar refractivity (Wildman–Crippen MR) is 91.6 cm³/mol. The number of nitrogens with one attached hydrogen (secondary N) is 1. The number of aromatic amines is 1. The van der Waals surface area contributed by atoms with Gasteiger partial charge in [0.2, 0.25) is 0 Å². The van der Waals surface area contributed by atoms with Crippen LogP contribution in [0.15, 0.2) is 36.4 Å². The molecule has 1 aromatic heterocycles. The van der Waals surface area contributed by atoms with Crippen LogP contribution in [-0.2, 0) is 4.74 Å². The second-order valence-electron chi connectivity index (χ2n) is 4.91. The summed E-state index contributed by atoms with van der Waals surface area (Å²) in [5.74, 6) is 0.233. The first-order chi connectivity index (χ1) is 11.0. The number of fused-ring (bicyclic) bond motifs is 1. The Morgan fingerprint density at radius 3 is 2.48 bits per heavy atom. The number of aromatic nitrogens is 1. The molecule has 118 valence electrons. The molecule has 0 aliphatic rings. The van der Waals surface area contributed by atoms with Crippen molar-refractivity contribution in [3.05, 3.63) is 52.1 Å². The average molecular weight is 350 g/mol. The molecule has 3 aromatic rings. The third kappa shape index (κ3) is 2.76. The third-order valence-corrected chi connectivity index (χ3v) is 4.34. The molecule has 0 aliphatic heterocycles. The van der Waals surface area contributed by atoms with Gasteiger partial charge in [-0.1, -0.05) is 29.3 Å². The lowest BCUT2D eigenvalue weighted by molar-refractivity contribution is 0.0596. The highest BCUT2D eigenvalue weighted by Gasteiger charge is 2.20. The van der Waals surface area contributed by atoms with E-state index in [1.165, 1.54) is 7.11 Å². The topological polar surface area (TPSA) is 51.3 Å². The lowest BCUT2D eigenvalue weighted by Crippen LogP contribution is -2.03. The van der Waals surface area contributed by atoms with Gasteiger partial charge in [0.05, 0.1) is 29.8 Å². The van der Waals surface area contributed by atoms with Crippen molar-refractivity contribution in [3.63, 3.8) is 0 Å². The monoisotopic (exact) mass is 349 g/mol. The molecule has 1 N–H and O–H groups in total. The molecule has 0 spiro atoms. The van der Waals surface area contributed by atoms with E-state index in [9.17, 15) is 4.79 Å². The zero-order chi connectivity index (χ0) is 16.6. The Labute approximate surface area is 142 Å². The second-order valence-corrected chi connectivity index (χ2v) is 5.72. The van der Waals surface area contributed by atoms with Crippen LogP contribution in [0.25, 0.3) is 22.0 Å². The maximum Gasteiger partial charge on any atom is 0.355 e. The maximum atomic E-state index is 12.1. The minimum Gasteiger partial charge on any atom is -0.497 e. The van der Waals surface area contributed by atoms with Crippen LogP contribution in [0.1, 0.15) is 10.5 Å². The Balaban J connectivity index is 2.31. The molecule has 3 rings (SSSR count). The summed E-state index contributed by atoms with van der Waals surface area (Å²) in [4.78, 5) is 15.2. The molecule has 0 fully saturated rings. The number of esters is 1. The summed E-state index contributed by atoms with van der Waals surface area (Å²) in [7, 11) is 2.93. The van der Waals surface area contributed by atoms with Crippen molar-refractivity contribution in [2.24, 2.45) is 0 Å². The summed E-state index contributed by atoms with van der Waals surface area (Å²) in [5.41, 5.74) is 2.62. The number of ether oxygens (including phenoxy) is 2. The van der Waals surface area contributed by atoms with E-state index >= 15 is 0 Å². The number of carbonyl (C=O) groups is 1. The van der Waals surface area contributed by atoms with E-state index in [-0.39, 0.29) is 0 Å². The Bertz CT molecular complexity index is 902. The van der Waals surface area contributed by atoms with Crippen molar-refractivity contribution in [2.45, 2.75) is 0 Å². The highest BCUT2D eigenvalue weighted by atomic mass is 35.5. The molecule has 0 radical (unpaired) electrons. The van der Waals surface area contributed by atoms with Gasteiger partial charge in [-0.25, -0.2) is 4.79 Å². The molecule has 0 aliphatic carbocycles. The first-order valence-electron chi connectivity index (χ1n) is 6.78. The van der Waals surface area contributed by atoms with Gasteiger partial charge in [0, 0.05) is 17.0 Å². The van der Waals surface area contributed by atoms with Gasteiger partial charge in [0.1, 0.15) is 11.4 Å². The number of methoxy groups -OCH3 is 2. The highest BCUT2D eigenvalue weighted by molar-refractivity contribution is 6.42. The molecule has 0 amide bonds. The van der Waals surface area contributed by atoms with E-state index < -0.39 is 5.97 Å². The number of H-pyrrole nitrogens is 1. The highest BCUT2D eigenvalue weighted by Crippen LogP contribution is 2.37. The van der Waals surface area contributed by atoms with E-state index in [2.05, 4.69) is 4.98 Å². The van der Waals surface area contributed by atoms with Crippen LogP contribution in [0, 0.1) is 0 Å². The summed E-state index contributed by atoms with van der Waals surface area (Å²) in [6.07, 6.45) is 0. The van der Waals surface area contributed by atoms with E-state index in [1.54, 1.807) is 19.2 Å². The molecule has 2 aromatic carbocycles. The molecule has 23 heavy (non-hydrogen) atoms. The van der Waals surface area contributed by atoms with Gasteiger partial charge >= 0.3 is 5.97 Å². The fourth-order valence-corrected chi connectivity index (χ4v) is 2.81. The van der Waals surface area contributed by atoms with Crippen molar-refractivity contribution in [3.8, 4) is 16.9 Å². The Morgan fingerprint density at radius 1 is 1.04 bits per heavy atom. The van der Waals surface area contributed by atoms with Gasteiger partial charge in [-0.05, 0) is 29.8 Å². The predicted octanol–water partition coefficient (Wildman–Crippen LogP) is 4.94. The van der Waals surface area contributed by atoms with Crippen LogP contribution in [0.4, 0.5) is 0 Å². The summed E-state index contributed by atoms with van der Waals surface area (Å²) < 4.78 is 10.1. The third-order valence-electron chi connectivity index (χ3n) is 3.60. The van der Waals surface area contributed by atoms with Gasteiger partial charge in [-0.15, -0.1) is 0 Å². The fraction of sp³-hybridized carbons (Fsp3) is 0.118. The Morgan fingerprint density at radius 2 is 1.83 bits per heavy atom. The van der Waals surface area contributed by atoms with Crippen molar-refractivity contribution in [1.82, 2.24) is 4.98 Å². The molecular weight excluding hydrogens is 337 g/mol. The fourth-order valence-electron chi connectivity index (χ4n) is 2.51. The number of halogens is 2. The average Bonchev–Trinajstić information content (AvgIpc) is 2.95. The Kier molecular flexibility index (Phi) is 4.20. The number of benzene rings is 2. The number of carbonyl (C=O) groups excluding carboxylic acids is 1. The van der Waals surface area contributed by atoms with Crippen molar-refractivity contribution in [1.29, 1.82) is 0 Å². The molecule has 1 heterocycles. The van der Waals surface area contributed by atoms with E-state index in [1.807, 2.05) is 24.3 Å². The number of hydrogen-bond donors (Lipinski definition) is 1. The minimum atomic E-state index is -0.457. The quantitative estimate of drug-likeness (QED) is 0.681. The lowest BCUT2D eigenvalue weighted by Gasteiger charge is -2.06. The van der Waals surface area contributed by atoms with Gasteiger partial charge in [-0.3, -0.25) is 0 Å². The van der Waals surface area contributed by atoms with E-state index in [4.69, 9.17) is 32.7 Å². The van der Waals surface area contributed by atoms with Gasteiger partial charge < -0.3 is 14.5 Å². The van der Waals surface area contributed by atoms with Gasteiger partial charge in [-0.2, -0.15) is 0 Å². The smallest absolute Gasteiger partial charge is 0.355 e. The summed E-state index contributed by atoms with van der Waals surface area (Å²) >= 11 is 12.1. The van der Waals surface area contributed by atoms with Crippen LogP contribution in [-0.4, -0.2) is 25.2 Å². The standard InChI is InChI=1S/C17H13Cl2NO3/c1-22-10-4-5-11-14(8-10)20-16(17(21)23-2)15(11)9-3-6-12(18)13(19)7-9/h3-8,20H,1-2H3. The molecule has 0 atom stereocenters. The Hall–Kier alpha value is -2.17. The SMILES string of the molecule is COC(=O)c1[nH]c2cc(OC)ccc2c1-c1ccc(Cl)c(Cl)c1. The molecule has 6 heteroatoms. The van der Waals surface area contributed by atoms with Crippen LogP contribution < -0.4 is 4.74 Å². The first kappa shape index (κ1) is 15.7. The maximum absolute atomic E-state index is 12.1. The summed E-state index contributed by atoms with van der Waals surface area (Å²) in [5, 5.41) is 1.74. The van der Waals surface area contributed by atoms with E-state index in [0.717, 1.165) is 16.5 Å². The van der Waals surface area contributed by atoms with Crippen LogP contribution in [0.2, 0.25) is 10.0 Å². The molecule has 0 saturated carbocycles. The van der Waals surface area contributed by atoms with Crippen LogP contribution >= 0.6 is 23.2 Å². The first-order valence-corrected chi connectivity index (χ1v) is 7.54. The van der Waals surface area contributed by atoms with Crippen LogP contribution in [0.5, 0.6) is 5.75 Å². The van der Waals surface area contributed by atoms with Crippen LogP contribution in [0.3, 0.4) is 0 Å². The summed E-state index contributed by atoms with van der Waals surface area (Å²) in [6, 6.07) is 10.8. The van der Waals surface area contributed by atoms with Crippen molar-refractivity contribution < 1.29 is 14.3 Å². The largest absolute Gasteiger partial charge is 0.497 e. The van der Waals surface area contributed by atoms with Crippen molar-refractivity contribution in [2.75, 3.05) is 14.2 Å². The van der Waals surface area contributed by atoms with Crippen molar-refractivity contribution >= 4 is 40.1 Å². The zero-order valence-electron chi connectivity index (χ0n) is 12.4. The summed E-state index contributed by atoms with van der Waals surface area (Å²) in [6.45, 7) is 0. The molecule has 0 unspecified atom stereocenters. The molecule has 0 saturated heterocycles. The van der Waals surface area contributed by atoms with E-state index in [0.29, 0.717) is 27.1 Å².